The van der Waals surface area contributed by atoms with Crippen LogP contribution in [0, 0.1) is 0 Å². The first kappa shape index (κ1) is 10.6. The Morgan fingerprint density at radius 3 is 2.50 bits per heavy atom. The van der Waals surface area contributed by atoms with Gasteiger partial charge in [0.25, 0.3) is 0 Å². The van der Waals surface area contributed by atoms with Crippen LogP contribution in [0.1, 0.15) is 21.7 Å². The number of hydrogen-bond donors (Lipinski definition) is 1. The summed E-state index contributed by atoms with van der Waals surface area (Å²) in [6, 6.07) is 7.35. The first-order chi connectivity index (χ1) is 6.76. The quantitative estimate of drug-likeness (QED) is 0.802. The number of nitrogens with one attached hydrogen (secondary N) is 1. The summed E-state index contributed by atoms with van der Waals surface area (Å²) in [6.07, 6.45) is 0.493. The van der Waals surface area contributed by atoms with Crippen LogP contribution in [0.2, 0.25) is 0 Å². The van der Waals surface area contributed by atoms with Crippen molar-refractivity contribution < 1.29 is 11.0 Å². The molecule has 0 aromatic heterocycles. The minimum absolute atomic E-state index is 0. The standard InChI is InChI=1S/C11H15NO2.H2/c1-3-11(13)12-9-5-7-10(8-6-9)14-4-2;/h5-8H,3-4H2,1-2H3,(H,12,13);1H. The molecule has 0 fully saturated rings. The van der Waals surface area contributed by atoms with E-state index in [2.05, 4.69) is 5.32 Å². The molecular formula is C11H17NO2. The van der Waals surface area contributed by atoms with Crippen LogP contribution in [0.4, 0.5) is 5.69 Å². The van der Waals surface area contributed by atoms with E-state index in [-0.39, 0.29) is 7.33 Å². The van der Waals surface area contributed by atoms with Crippen molar-refractivity contribution in [2.75, 3.05) is 11.9 Å². The van der Waals surface area contributed by atoms with Gasteiger partial charge in [0.05, 0.1) is 6.61 Å². The molecule has 0 atom stereocenters. The van der Waals surface area contributed by atoms with E-state index in [1.165, 1.54) is 0 Å². The number of anilines is 1. The molecule has 1 rings (SSSR count). The Kier molecular flexibility index (Phi) is 3.98. The first-order valence-corrected chi connectivity index (χ1v) is 4.79. The fourth-order valence-corrected chi connectivity index (χ4v) is 1.05. The predicted molar refractivity (Wildman–Crippen MR) is 58.6 cm³/mol. The number of hydrogen-bond acceptors (Lipinski definition) is 2. The maximum atomic E-state index is 11.0. The zero-order valence-corrected chi connectivity index (χ0v) is 8.54. The Bertz CT molecular complexity index is 298. The number of benzene rings is 1. The Morgan fingerprint density at radius 2 is 2.00 bits per heavy atom. The summed E-state index contributed by atoms with van der Waals surface area (Å²) in [4.78, 5) is 11.0. The highest BCUT2D eigenvalue weighted by Crippen LogP contribution is 2.15. The molecule has 0 saturated heterocycles. The van der Waals surface area contributed by atoms with Crippen LogP contribution < -0.4 is 10.1 Å². The van der Waals surface area contributed by atoms with E-state index >= 15 is 0 Å². The monoisotopic (exact) mass is 195 g/mol. The molecule has 1 aromatic rings. The molecule has 0 bridgehead atoms. The van der Waals surface area contributed by atoms with Crippen LogP contribution >= 0.6 is 0 Å². The molecule has 0 spiro atoms. The van der Waals surface area contributed by atoms with Gasteiger partial charge in [0, 0.05) is 13.5 Å². The summed E-state index contributed by atoms with van der Waals surface area (Å²) < 4.78 is 5.28. The molecule has 0 saturated carbocycles. The van der Waals surface area contributed by atoms with Crippen molar-refractivity contribution in [3.63, 3.8) is 0 Å². The molecule has 1 N–H and O–H groups in total. The second kappa shape index (κ2) is 5.27. The van der Waals surface area contributed by atoms with Gasteiger partial charge in [0.15, 0.2) is 0 Å². The molecule has 0 radical (unpaired) electrons. The van der Waals surface area contributed by atoms with Crippen LogP contribution in [0.15, 0.2) is 24.3 Å². The molecule has 0 aliphatic heterocycles. The maximum absolute atomic E-state index is 11.0. The average Bonchev–Trinajstić information content (AvgIpc) is 2.21. The average molecular weight is 195 g/mol. The second-order valence-corrected chi connectivity index (χ2v) is 2.86. The highest BCUT2D eigenvalue weighted by Gasteiger charge is 1.98. The Morgan fingerprint density at radius 1 is 1.36 bits per heavy atom. The first-order valence-electron chi connectivity index (χ1n) is 4.79. The molecular weight excluding hydrogens is 178 g/mol. The van der Waals surface area contributed by atoms with Crippen LogP contribution in [0.3, 0.4) is 0 Å². The SMILES string of the molecule is CCOc1ccc(NC(=O)CC)cc1.[HH]. The van der Waals surface area contributed by atoms with Gasteiger partial charge in [-0.15, -0.1) is 0 Å². The van der Waals surface area contributed by atoms with Gasteiger partial charge >= 0.3 is 0 Å². The molecule has 3 heteroatoms. The lowest BCUT2D eigenvalue weighted by Gasteiger charge is -2.05. The van der Waals surface area contributed by atoms with E-state index < -0.39 is 0 Å². The van der Waals surface area contributed by atoms with Crippen molar-refractivity contribution in [2.24, 2.45) is 0 Å². The van der Waals surface area contributed by atoms with Gasteiger partial charge in [-0.3, -0.25) is 4.79 Å². The number of rotatable bonds is 4. The normalized spacial score (nSPS) is 9.57. The third-order valence-electron chi connectivity index (χ3n) is 1.77. The van der Waals surface area contributed by atoms with Gasteiger partial charge in [-0.1, -0.05) is 6.92 Å². The molecule has 14 heavy (non-hydrogen) atoms. The predicted octanol–water partition coefficient (Wildman–Crippen LogP) is 2.68. The van der Waals surface area contributed by atoms with Crippen molar-refractivity contribution in [3.8, 4) is 5.75 Å². The number of ether oxygens (including phenoxy) is 1. The van der Waals surface area contributed by atoms with Gasteiger partial charge in [0.1, 0.15) is 5.75 Å². The summed E-state index contributed by atoms with van der Waals surface area (Å²) in [5.41, 5.74) is 0.806. The Balaban J connectivity index is 0.00000196. The zero-order valence-electron chi connectivity index (χ0n) is 8.54. The molecule has 3 nitrogen and oxygen atoms in total. The van der Waals surface area contributed by atoms with E-state index in [0.29, 0.717) is 13.0 Å². The number of carbonyl (C=O) groups is 1. The van der Waals surface area contributed by atoms with Crippen molar-refractivity contribution in [2.45, 2.75) is 20.3 Å². The van der Waals surface area contributed by atoms with E-state index in [9.17, 15) is 4.79 Å². The van der Waals surface area contributed by atoms with Crippen LogP contribution in [-0.4, -0.2) is 12.5 Å². The fraction of sp³-hybridized carbons (Fsp3) is 0.364. The summed E-state index contributed by atoms with van der Waals surface area (Å²) in [5.74, 6) is 0.844. The summed E-state index contributed by atoms with van der Waals surface area (Å²) in [5, 5.41) is 2.77. The minimum atomic E-state index is 0. The van der Waals surface area contributed by atoms with Gasteiger partial charge in [-0.2, -0.15) is 0 Å². The van der Waals surface area contributed by atoms with Gasteiger partial charge in [-0.05, 0) is 31.2 Å². The molecule has 0 aliphatic rings. The second-order valence-electron chi connectivity index (χ2n) is 2.86. The van der Waals surface area contributed by atoms with Crippen LogP contribution in [-0.2, 0) is 4.79 Å². The summed E-state index contributed by atoms with van der Waals surface area (Å²) in [7, 11) is 0. The third-order valence-corrected chi connectivity index (χ3v) is 1.77. The lowest BCUT2D eigenvalue weighted by molar-refractivity contribution is -0.115. The highest BCUT2D eigenvalue weighted by molar-refractivity contribution is 5.90. The van der Waals surface area contributed by atoms with E-state index in [1.807, 2.05) is 38.1 Å². The van der Waals surface area contributed by atoms with Gasteiger partial charge in [-0.25, -0.2) is 0 Å². The topological polar surface area (TPSA) is 38.3 Å². The highest BCUT2D eigenvalue weighted by atomic mass is 16.5. The fourth-order valence-electron chi connectivity index (χ4n) is 1.05. The third kappa shape index (κ3) is 3.09. The molecule has 0 unspecified atom stereocenters. The molecule has 0 heterocycles. The Labute approximate surface area is 85.6 Å². The molecule has 1 amide bonds. The van der Waals surface area contributed by atoms with Crippen molar-refractivity contribution in [3.05, 3.63) is 24.3 Å². The van der Waals surface area contributed by atoms with Crippen LogP contribution in [0.25, 0.3) is 0 Å². The van der Waals surface area contributed by atoms with Crippen molar-refractivity contribution in [1.29, 1.82) is 0 Å². The lowest BCUT2D eigenvalue weighted by Crippen LogP contribution is -2.09. The van der Waals surface area contributed by atoms with E-state index in [4.69, 9.17) is 4.74 Å². The van der Waals surface area contributed by atoms with E-state index in [1.54, 1.807) is 0 Å². The van der Waals surface area contributed by atoms with Gasteiger partial charge < -0.3 is 10.1 Å². The smallest absolute Gasteiger partial charge is 0.224 e. The minimum Gasteiger partial charge on any atom is -0.494 e. The number of amides is 1. The summed E-state index contributed by atoms with van der Waals surface area (Å²) in [6.45, 7) is 4.41. The molecule has 0 aliphatic carbocycles. The van der Waals surface area contributed by atoms with Crippen molar-refractivity contribution >= 4 is 11.6 Å². The van der Waals surface area contributed by atoms with Gasteiger partial charge in [0.2, 0.25) is 5.91 Å². The van der Waals surface area contributed by atoms with E-state index in [0.717, 1.165) is 11.4 Å². The lowest BCUT2D eigenvalue weighted by atomic mass is 10.3. The number of carbonyl (C=O) groups excluding carboxylic acids is 1. The maximum Gasteiger partial charge on any atom is 0.224 e. The Hall–Kier alpha value is -1.51. The zero-order chi connectivity index (χ0) is 10.4. The molecule has 78 valence electrons. The largest absolute Gasteiger partial charge is 0.494 e. The van der Waals surface area contributed by atoms with Crippen LogP contribution in [0.5, 0.6) is 5.75 Å². The summed E-state index contributed by atoms with van der Waals surface area (Å²) >= 11 is 0. The molecule has 1 aromatic carbocycles. The van der Waals surface area contributed by atoms with Crippen molar-refractivity contribution in [1.82, 2.24) is 0 Å².